The minimum absolute atomic E-state index is 0.168. The van der Waals surface area contributed by atoms with E-state index in [-0.39, 0.29) is 11.8 Å². The molecule has 0 unspecified atom stereocenters. The molecule has 0 rings (SSSR count). The van der Waals surface area contributed by atoms with E-state index in [2.05, 4.69) is 15.9 Å². The summed E-state index contributed by atoms with van der Waals surface area (Å²) in [5.41, 5.74) is -0.927. The summed E-state index contributed by atoms with van der Waals surface area (Å²) in [5.74, 6) is 0.337. The summed E-state index contributed by atoms with van der Waals surface area (Å²) >= 11 is 13.8. The number of hydrogen-bond acceptors (Lipinski definition) is 1. The first-order chi connectivity index (χ1) is 3.68. The van der Waals surface area contributed by atoms with Crippen molar-refractivity contribution in [1.82, 2.24) is 0 Å². The summed E-state index contributed by atoms with van der Waals surface area (Å²) in [6.07, 6.45) is 0. The van der Waals surface area contributed by atoms with Gasteiger partial charge in [-0.3, -0.25) is 0 Å². The van der Waals surface area contributed by atoms with Crippen molar-refractivity contribution in [3.8, 4) is 0 Å². The third kappa shape index (κ3) is 2.53. The summed E-state index contributed by atoms with van der Waals surface area (Å²) in [7, 11) is 0. The SMILES string of the molecule is OC(CCl)(CCl)CBr. The van der Waals surface area contributed by atoms with E-state index in [1.807, 2.05) is 0 Å². The Kier molecular flexibility index (Phi) is 4.44. The monoisotopic (exact) mass is 220 g/mol. The van der Waals surface area contributed by atoms with Gasteiger partial charge >= 0.3 is 0 Å². The van der Waals surface area contributed by atoms with Gasteiger partial charge in [0.1, 0.15) is 5.60 Å². The molecule has 0 aromatic carbocycles. The van der Waals surface area contributed by atoms with Gasteiger partial charge in [-0.15, -0.1) is 23.2 Å². The second-order valence-electron chi connectivity index (χ2n) is 1.63. The maximum Gasteiger partial charge on any atom is 0.101 e. The molecule has 0 atom stereocenters. The Bertz CT molecular complexity index is 56.8. The van der Waals surface area contributed by atoms with Gasteiger partial charge in [0.05, 0.1) is 11.8 Å². The maximum atomic E-state index is 9.13. The molecule has 4 heteroatoms. The van der Waals surface area contributed by atoms with E-state index in [0.717, 1.165) is 0 Å². The van der Waals surface area contributed by atoms with Gasteiger partial charge in [0.25, 0.3) is 0 Å². The lowest BCUT2D eigenvalue weighted by molar-refractivity contribution is 0.115. The number of halogens is 3. The van der Waals surface area contributed by atoms with Crippen LogP contribution in [0.4, 0.5) is 0 Å². The van der Waals surface area contributed by atoms with Gasteiger partial charge in [-0.25, -0.2) is 0 Å². The molecule has 0 fully saturated rings. The highest BCUT2D eigenvalue weighted by Crippen LogP contribution is 2.11. The molecule has 0 aliphatic rings. The molecule has 0 aliphatic heterocycles. The van der Waals surface area contributed by atoms with Crippen molar-refractivity contribution in [2.75, 3.05) is 17.1 Å². The van der Waals surface area contributed by atoms with Gasteiger partial charge in [0.2, 0.25) is 0 Å². The van der Waals surface area contributed by atoms with Crippen molar-refractivity contribution < 1.29 is 5.11 Å². The molecule has 0 aromatic rings. The number of rotatable bonds is 3. The van der Waals surface area contributed by atoms with Crippen LogP contribution in [0.1, 0.15) is 0 Å². The Labute approximate surface area is 67.1 Å². The van der Waals surface area contributed by atoms with Crippen molar-refractivity contribution in [3.63, 3.8) is 0 Å². The highest BCUT2D eigenvalue weighted by Gasteiger charge is 2.22. The first-order valence-electron chi connectivity index (χ1n) is 2.09. The molecular formula is C4H7BrCl2O. The maximum absolute atomic E-state index is 9.13. The van der Waals surface area contributed by atoms with Gasteiger partial charge in [0.15, 0.2) is 0 Å². The zero-order valence-corrected chi connectivity index (χ0v) is 7.30. The standard InChI is InChI=1S/C4H7BrCl2O/c5-1-4(8,2-6)3-7/h8H,1-3H2. The van der Waals surface area contributed by atoms with E-state index < -0.39 is 5.60 Å². The molecule has 8 heavy (non-hydrogen) atoms. The van der Waals surface area contributed by atoms with Crippen LogP contribution in [0.2, 0.25) is 0 Å². The highest BCUT2D eigenvalue weighted by atomic mass is 79.9. The molecule has 0 saturated carbocycles. The smallest absolute Gasteiger partial charge is 0.101 e. The minimum atomic E-state index is -0.927. The van der Waals surface area contributed by atoms with Crippen LogP contribution in [0.15, 0.2) is 0 Å². The molecule has 0 amide bonds. The first kappa shape index (κ1) is 9.02. The average molecular weight is 222 g/mol. The predicted octanol–water partition coefficient (Wildman–Crippen LogP) is 1.59. The zero-order chi connectivity index (χ0) is 6.62. The van der Waals surface area contributed by atoms with Crippen LogP contribution in [0, 0.1) is 0 Å². The van der Waals surface area contributed by atoms with Crippen LogP contribution in [0.25, 0.3) is 0 Å². The van der Waals surface area contributed by atoms with E-state index >= 15 is 0 Å². The Hall–Kier alpha value is 1.02. The van der Waals surface area contributed by atoms with Gasteiger partial charge in [-0.05, 0) is 0 Å². The second kappa shape index (κ2) is 3.94. The quantitative estimate of drug-likeness (QED) is 0.718. The van der Waals surface area contributed by atoms with Crippen LogP contribution in [-0.4, -0.2) is 27.8 Å². The summed E-state index contributed by atoms with van der Waals surface area (Å²) in [4.78, 5) is 0. The van der Waals surface area contributed by atoms with Crippen LogP contribution in [0.5, 0.6) is 0 Å². The fourth-order valence-corrected chi connectivity index (χ4v) is 1.43. The Balaban J connectivity index is 3.58. The van der Waals surface area contributed by atoms with Crippen LogP contribution >= 0.6 is 39.1 Å². The molecule has 0 radical (unpaired) electrons. The largest absolute Gasteiger partial charge is 0.387 e. The van der Waals surface area contributed by atoms with Crippen molar-refractivity contribution in [3.05, 3.63) is 0 Å². The fraction of sp³-hybridized carbons (Fsp3) is 1.00. The van der Waals surface area contributed by atoms with Crippen LogP contribution in [-0.2, 0) is 0 Å². The van der Waals surface area contributed by atoms with E-state index in [1.54, 1.807) is 0 Å². The first-order valence-corrected chi connectivity index (χ1v) is 4.28. The zero-order valence-electron chi connectivity index (χ0n) is 4.20. The van der Waals surface area contributed by atoms with Gasteiger partial charge in [-0.2, -0.15) is 0 Å². The normalized spacial score (nSPS) is 12.0. The third-order valence-corrected chi connectivity index (χ3v) is 2.78. The lowest BCUT2D eigenvalue weighted by atomic mass is 10.2. The van der Waals surface area contributed by atoms with Crippen molar-refractivity contribution in [1.29, 1.82) is 0 Å². The third-order valence-electron chi connectivity index (χ3n) is 0.746. The molecule has 1 nitrogen and oxygen atoms in total. The minimum Gasteiger partial charge on any atom is -0.387 e. The lowest BCUT2D eigenvalue weighted by Crippen LogP contribution is -2.34. The van der Waals surface area contributed by atoms with Crippen LogP contribution < -0.4 is 0 Å². The van der Waals surface area contributed by atoms with Gasteiger partial charge in [-0.1, -0.05) is 15.9 Å². The molecule has 1 N–H and O–H groups in total. The summed E-state index contributed by atoms with van der Waals surface area (Å²) in [5, 5.41) is 9.55. The summed E-state index contributed by atoms with van der Waals surface area (Å²) in [6, 6.07) is 0. The predicted molar refractivity (Wildman–Crippen MR) is 40.2 cm³/mol. The van der Waals surface area contributed by atoms with E-state index in [1.165, 1.54) is 0 Å². The fourth-order valence-electron chi connectivity index (χ4n) is 0.107. The number of hydrogen-bond donors (Lipinski definition) is 1. The molecule has 0 heterocycles. The average Bonchev–Trinajstić information content (AvgIpc) is 1.87. The molecule has 50 valence electrons. The molecular weight excluding hydrogens is 215 g/mol. The van der Waals surface area contributed by atoms with Crippen molar-refractivity contribution >= 4 is 39.1 Å². The molecule has 0 spiro atoms. The molecule has 0 saturated heterocycles. The molecule has 0 bridgehead atoms. The van der Waals surface area contributed by atoms with Crippen molar-refractivity contribution in [2.45, 2.75) is 5.60 Å². The highest BCUT2D eigenvalue weighted by molar-refractivity contribution is 9.09. The lowest BCUT2D eigenvalue weighted by Gasteiger charge is -2.18. The van der Waals surface area contributed by atoms with Crippen molar-refractivity contribution in [2.24, 2.45) is 0 Å². The van der Waals surface area contributed by atoms with Crippen LogP contribution in [0.3, 0.4) is 0 Å². The molecule has 0 aromatic heterocycles. The second-order valence-corrected chi connectivity index (χ2v) is 2.72. The van der Waals surface area contributed by atoms with Gasteiger partial charge < -0.3 is 5.11 Å². The Morgan fingerprint density at radius 2 is 1.75 bits per heavy atom. The topological polar surface area (TPSA) is 20.2 Å². The molecule has 0 aliphatic carbocycles. The van der Waals surface area contributed by atoms with E-state index in [0.29, 0.717) is 5.33 Å². The Morgan fingerprint density at radius 1 is 1.38 bits per heavy atom. The number of aliphatic hydroxyl groups is 1. The van der Waals surface area contributed by atoms with E-state index in [4.69, 9.17) is 28.3 Å². The number of alkyl halides is 3. The Morgan fingerprint density at radius 3 is 1.75 bits per heavy atom. The van der Waals surface area contributed by atoms with Gasteiger partial charge in [0, 0.05) is 5.33 Å². The van der Waals surface area contributed by atoms with E-state index in [9.17, 15) is 0 Å². The summed E-state index contributed by atoms with van der Waals surface area (Å²) < 4.78 is 0. The summed E-state index contributed by atoms with van der Waals surface area (Å²) in [6.45, 7) is 0.